The Morgan fingerprint density at radius 2 is 2.05 bits per heavy atom. The highest BCUT2D eigenvalue weighted by molar-refractivity contribution is 9.10. The first kappa shape index (κ1) is 16.5. The molecule has 7 heteroatoms. The topological polar surface area (TPSA) is 54.5 Å². The number of hydrogen-bond donors (Lipinski definition) is 0. The molecule has 0 spiro atoms. The van der Waals surface area contributed by atoms with Gasteiger partial charge in [-0.15, -0.1) is 0 Å². The van der Waals surface area contributed by atoms with Crippen molar-refractivity contribution in [2.75, 3.05) is 19.1 Å². The summed E-state index contributed by atoms with van der Waals surface area (Å²) in [5, 5.41) is 0.339. The number of sulfone groups is 1. The third kappa shape index (κ3) is 4.78. The van der Waals surface area contributed by atoms with Crippen molar-refractivity contribution in [3.8, 4) is 0 Å². The summed E-state index contributed by atoms with van der Waals surface area (Å²) in [5.41, 5.74) is 0.346. The standard InChI is InChI=1S/C12H15BrClNO3S/c1-8(7-19(3,17)18)15(2)12(16)10-6-9(13)4-5-11(10)14/h4-6,8H,7H2,1-3H3/t8-/m1/s1. The minimum atomic E-state index is -3.14. The number of benzene rings is 1. The Bertz CT molecular complexity index is 589. The van der Waals surface area contributed by atoms with Gasteiger partial charge in [-0.05, 0) is 25.1 Å². The second kappa shape index (κ2) is 6.24. The van der Waals surface area contributed by atoms with Crippen molar-refractivity contribution >= 4 is 43.3 Å². The fraction of sp³-hybridized carbons (Fsp3) is 0.417. The van der Waals surface area contributed by atoms with Crippen LogP contribution in [0.1, 0.15) is 17.3 Å². The van der Waals surface area contributed by atoms with Crippen LogP contribution in [0.15, 0.2) is 22.7 Å². The molecular weight excluding hydrogens is 354 g/mol. The normalized spacial score (nSPS) is 13.1. The highest BCUT2D eigenvalue weighted by Crippen LogP contribution is 2.22. The van der Waals surface area contributed by atoms with Crippen LogP contribution < -0.4 is 0 Å². The van der Waals surface area contributed by atoms with Gasteiger partial charge in [-0.25, -0.2) is 8.42 Å². The first-order valence-electron chi connectivity index (χ1n) is 5.51. The Morgan fingerprint density at radius 3 is 2.58 bits per heavy atom. The van der Waals surface area contributed by atoms with E-state index in [-0.39, 0.29) is 11.7 Å². The molecule has 0 saturated carbocycles. The molecule has 0 radical (unpaired) electrons. The zero-order valence-electron chi connectivity index (χ0n) is 10.9. The maximum atomic E-state index is 12.3. The summed E-state index contributed by atoms with van der Waals surface area (Å²) in [6, 6.07) is 4.55. The van der Waals surface area contributed by atoms with Crippen LogP contribution in [0.2, 0.25) is 5.02 Å². The van der Waals surface area contributed by atoms with Crippen molar-refractivity contribution in [1.82, 2.24) is 4.90 Å². The maximum Gasteiger partial charge on any atom is 0.255 e. The van der Waals surface area contributed by atoms with E-state index in [9.17, 15) is 13.2 Å². The number of nitrogens with zero attached hydrogens (tertiary/aromatic N) is 1. The van der Waals surface area contributed by atoms with Crippen molar-refractivity contribution in [1.29, 1.82) is 0 Å². The molecule has 0 fully saturated rings. The van der Waals surface area contributed by atoms with E-state index in [0.717, 1.165) is 10.7 Å². The van der Waals surface area contributed by atoms with Gasteiger partial charge in [0.25, 0.3) is 5.91 Å². The first-order chi connectivity index (χ1) is 8.61. The largest absolute Gasteiger partial charge is 0.338 e. The van der Waals surface area contributed by atoms with Crippen LogP contribution in [0.5, 0.6) is 0 Å². The molecule has 19 heavy (non-hydrogen) atoms. The molecule has 1 amide bonds. The lowest BCUT2D eigenvalue weighted by molar-refractivity contribution is 0.0757. The lowest BCUT2D eigenvalue weighted by Crippen LogP contribution is -2.39. The number of hydrogen-bond acceptors (Lipinski definition) is 3. The predicted octanol–water partition coefficient (Wildman–Crippen LogP) is 2.61. The van der Waals surface area contributed by atoms with Crippen molar-refractivity contribution in [3.63, 3.8) is 0 Å². The molecule has 0 aromatic heterocycles. The van der Waals surface area contributed by atoms with Gasteiger partial charge in [-0.3, -0.25) is 4.79 Å². The summed E-state index contributed by atoms with van der Waals surface area (Å²) in [6.07, 6.45) is 1.15. The highest BCUT2D eigenvalue weighted by atomic mass is 79.9. The Kier molecular flexibility index (Phi) is 5.41. The van der Waals surface area contributed by atoms with Gasteiger partial charge in [0.2, 0.25) is 0 Å². The number of halogens is 2. The summed E-state index contributed by atoms with van der Waals surface area (Å²) in [5.74, 6) is -0.386. The molecule has 1 atom stereocenters. The summed E-state index contributed by atoms with van der Waals surface area (Å²) >= 11 is 9.26. The molecule has 0 N–H and O–H groups in total. The lowest BCUT2D eigenvalue weighted by Gasteiger charge is -2.24. The Balaban J connectivity index is 2.96. The maximum absolute atomic E-state index is 12.3. The minimum absolute atomic E-state index is 0.0825. The average Bonchev–Trinajstić information content (AvgIpc) is 2.28. The Labute approximate surface area is 126 Å². The zero-order valence-corrected chi connectivity index (χ0v) is 14.0. The van der Waals surface area contributed by atoms with Crippen LogP contribution in [0.3, 0.4) is 0 Å². The van der Waals surface area contributed by atoms with Crippen molar-refractivity contribution < 1.29 is 13.2 Å². The third-order valence-corrected chi connectivity index (χ3v) is 4.60. The molecule has 1 rings (SSSR count). The monoisotopic (exact) mass is 367 g/mol. The molecule has 1 aromatic carbocycles. The van der Waals surface area contributed by atoms with Crippen molar-refractivity contribution in [3.05, 3.63) is 33.3 Å². The van der Waals surface area contributed by atoms with E-state index in [1.165, 1.54) is 4.90 Å². The van der Waals surface area contributed by atoms with Crippen LogP contribution in [0.4, 0.5) is 0 Å². The van der Waals surface area contributed by atoms with E-state index in [4.69, 9.17) is 11.6 Å². The van der Waals surface area contributed by atoms with E-state index in [1.807, 2.05) is 0 Å². The van der Waals surface area contributed by atoms with Gasteiger partial charge in [0.1, 0.15) is 9.84 Å². The first-order valence-corrected chi connectivity index (χ1v) is 8.75. The smallest absolute Gasteiger partial charge is 0.255 e. The predicted molar refractivity (Wildman–Crippen MR) is 80.4 cm³/mol. The van der Waals surface area contributed by atoms with Crippen LogP contribution >= 0.6 is 27.5 Å². The van der Waals surface area contributed by atoms with Gasteiger partial charge in [0, 0.05) is 23.8 Å². The molecule has 0 aliphatic heterocycles. The van der Waals surface area contributed by atoms with Gasteiger partial charge in [-0.2, -0.15) is 0 Å². The third-order valence-electron chi connectivity index (χ3n) is 2.68. The summed E-state index contributed by atoms with van der Waals surface area (Å²) in [6.45, 7) is 1.69. The fourth-order valence-corrected chi connectivity index (χ4v) is 3.26. The van der Waals surface area contributed by atoms with Crippen LogP contribution in [-0.4, -0.2) is 44.3 Å². The molecule has 0 unspecified atom stereocenters. The molecule has 0 aliphatic rings. The number of carbonyl (C=O) groups excluding carboxylic acids is 1. The molecule has 0 saturated heterocycles. The Hall–Kier alpha value is -0.590. The molecule has 1 aromatic rings. The van der Waals surface area contributed by atoms with Crippen LogP contribution in [-0.2, 0) is 9.84 Å². The molecule has 0 bridgehead atoms. The van der Waals surface area contributed by atoms with E-state index in [2.05, 4.69) is 15.9 Å². The van der Waals surface area contributed by atoms with Gasteiger partial charge in [-0.1, -0.05) is 27.5 Å². The molecule has 0 heterocycles. The van der Waals surface area contributed by atoms with Crippen LogP contribution in [0.25, 0.3) is 0 Å². The minimum Gasteiger partial charge on any atom is -0.338 e. The SMILES string of the molecule is C[C@H](CS(C)(=O)=O)N(C)C(=O)c1cc(Br)ccc1Cl. The summed E-state index contributed by atoms with van der Waals surface area (Å²) in [4.78, 5) is 13.7. The fourth-order valence-electron chi connectivity index (χ4n) is 1.60. The second-order valence-electron chi connectivity index (χ2n) is 4.48. The Morgan fingerprint density at radius 1 is 1.47 bits per heavy atom. The molecule has 0 aliphatic carbocycles. The summed E-state index contributed by atoms with van der Waals surface area (Å²) in [7, 11) is -1.57. The zero-order chi connectivity index (χ0) is 14.8. The number of rotatable bonds is 4. The van der Waals surface area contributed by atoms with Gasteiger partial charge in [0.05, 0.1) is 16.3 Å². The van der Waals surface area contributed by atoms with Crippen molar-refractivity contribution in [2.24, 2.45) is 0 Å². The highest BCUT2D eigenvalue weighted by Gasteiger charge is 2.22. The molecule has 4 nitrogen and oxygen atoms in total. The molecular formula is C12H15BrClNO3S. The summed E-state index contributed by atoms with van der Waals surface area (Å²) < 4.78 is 23.2. The van der Waals surface area contributed by atoms with Crippen molar-refractivity contribution in [2.45, 2.75) is 13.0 Å². The van der Waals surface area contributed by atoms with E-state index in [1.54, 1.807) is 32.2 Å². The number of carbonyl (C=O) groups is 1. The van der Waals surface area contributed by atoms with Gasteiger partial charge < -0.3 is 4.90 Å². The quantitative estimate of drug-likeness (QED) is 0.821. The van der Waals surface area contributed by atoms with Crippen LogP contribution in [0, 0.1) is 0 Å². The van der Waals surface area contributed by atoms with E-state index >= 15 is 0 Å². The van der Waals surface area contributed by atoms with Gasteiger partial charge >= 0.3 is 0 Å². The second-order valence-corrected chi connectivity index (χ2v) is 7.99. The van der Waals surface area contributed by atoms with Gasteiger partial charge in [0.15, 0.2) is 0 Å². The molecule has 106 valence electrons. The number of amides is 1. The average molecular weight is 369 g/mol. The lowest BCUT2D eigenvalue weighted by atomic mass is 10.2. The van der Waals surface area contributed by atoms with E-state index in [0.29, 0.717) is 10.6 Å². The van der Waals surface area contributed by atoms with E-state index < -0.39 is 15.9 Å².